The van der Waals surface area contributed by atoms with Crippen LogP contribution in [0.4, 0.5) is 0 Å². The molecule has 1 aromatic heterocycles. The molecule has 0 saturated carbocycles. The van der Waals surface area contributed by atoms with Crippen LogP contribution in [0.3, 0.4) is 0 Å². The minimum Gasteiger partial charge on any atom is -0.448 e. The Morgan fingerprint density at radius 2 is 2.29 bits per heavy atom. The van der Waals surface area contributed by atoms with Crippen LogP contribution in [-0.2, 0) is 4.79 Å². The second kappa shape index (κ2) is 3.82. The lowest BCUT2D eigenvalue weighted by molar-refractivity contribution is -0.129. The molecule has 4 nitrogen and oxygen atoms in total. The van der Waals surface area contributed by atoms with E-state index in [1.807, 2.05) is 4.90 Å². The molecule has 1 aliphatic rings. The number of aromatic nitrogens is 1. The smallest absolute Gasteiger partial charge is 0.219 e. The SMILES string of the molecule is CC(=O)N1CCC(c2cnco2)CC1. The zero-order chi connectivity index (χ0) is 9.97. The van der Waals surface area contributed by atoms with E-state index in [4.69, 9.17) is 4.42 Å². The zero-order valence-electron chi connectivity index (χ0n) is 8.27. The molecule has 2 heterocycles. The van der Waals surface area contributed by atoms with Gasteiger partial charge in [-0.15, -0.1) is 0 Å². The maximum absolute atomic E-state index is 11.1. The van der Waals surface area contributed by atoms with E-state index in [-0.39, 0.29) is 5.91 Å². The average molecular weight is 194 g/mol. The summed E-state index contributed by atoms with van der Waals surface area (Å²) in [5, 5.41) is 0. The molecule has 0 spiro atoms. The van der Waals surface area contributed by atoms with Gasteiger partial charge in [-0.1, -0.05) is 0 Å². The highest BCUT2D eigenvalue weighted by atomic mass is 16.3. The van der Waals surface area contributed by atoms with E-state index in [9.17, 15) is 4.79 Å². The fourth-order valence-corrected chi connectivity index (χ4v) is 1.91. The van der Waals surface area contributed by atoms with Gasteiger partial charge >= 0.3 is 0 Å². The standard InChI is InChI=1S/C10H14N2O2/c1-8(13)12-4-2-9(3-5-12)10-6-11-7-14-10/h6-7,9H,2-5H2,1H3. The van der Waals surface area contributed by atoms with E-state index < -0.39 is 0 Å². The van der Waals surface area contributed by atoms with Crippen LogP contribution in [0.1, 0.15) is 31.4 Å². The van der Waals surface area contributed by atoms with Crippen LogP contribution < -0.4 is 0 Å². The van der Waals surface area contributed by atoms with Gasteiger partial charge in [-0.05, 0) is 12.8 Å². The molecule has 0 bridgehead atoms. The number of hydrogen-bond acceptors (Lipinski definition) is 3. The summed E-state index contributed by atoms with van der Waals surface area (Å²) in [6, 6.07) is 0. The maximum Gasteiger partial charge on any atom is 0.219 e. The normalized spacial score (nSPS) is 18.5. The van der Waals surface area contributed by atoms with Gasteiger partial charge in [0.2, 0.25) is 5.91 Å². The number of carbonyl (C=O) groups excluding carboxylic acids is 1. The summed E-state index contributed by atoms with van der Waals surface area (Å²) in [5.41, 5.74) is 0. The molecule has 2 rings (SSSR count). The summed E-state index contributed by atoms with van der Waals surface area (Å²) in [7, 11) is 0. The Kier molecular flexibility index (Phi) is 2.52. The molecule has 0 aliphatic carbocycles. The van der Waals surface area contributed by atoms with Crippen molar-refractivity contribution in [3.63, 3.8) is 0 Å². The molecule has 1 fully saturated rings. The quantitative estimate of drug-likeness (QED) is 0.678. The number of likely N-dealkylation sites (tertiary alicyclic amines) is 1. The molecule has 1 amide bonds. The predicted molar refractivity (Wildman–Crippen MR) is 50.7 cm³/mol. The van der Waals surface area contributed by atoms with Gasteiger partial charge in [-0.3, -0.25) is 4.79 Å². The molecule has 0 N–H and O–H groups in total. The van der Waals surface area contributed by atoms with Crippen molar-refractivity contribution in [3.05, 3.63) is 18.4 Å². The number of nitrogens with zero attached hydrogens (tertiary/aromatic N) is 2. The molecule has 76 valence electrons. The van der Waals surface area contributed by atoms with Crippen molar-refractivity contribution >= 4 is 5.91 Å². The average Bonchev–Trinajstić information content (AvgIpc) is 2.71. The molecule has 1 aromatic rings. The maximum atomic E-state index is 11.1. The van der Waals surface area contributed by atoms with Crippen molar-refractivity contribution < 1.29 is 9.21 Å². The first-order valence-corrected chi connectivity index (χ1v) is 4.91. The fourth-order valence-electron chi connectivity index (χ4n) is 1.91. The minimum atomic E-state index is 0.168. The van der Waals surface area contributed by atoms with Crippen LogP contribution in [0.2, 0.25) is 0 Å². The Hall–Kier alpha value is -1.32. The van der Waals surface area contributed by atoms with Crippen molar-refractivity contribution in [2.45, 2.75) is 25.7 Å². The summed E-state index contributed by atoms with van der Waals surface area (Å²) in [5.74, 6) is 1.56. The number of rotatable bonds is 1. The predicted octanol–water partition coefficient (Wildman–Crippen LogP) is 1.40. The molecule has 0 atom stereocenters. The topological polar surface area (TPSA) is 46.3 Å². The minimum absolute atomic E-state index is 0.168. The summed E-state index contributed by atoms with van der Waals surface area (Å²) >= 11 is 0. The second-order valence-electron chi connectivity index (χ2n) is 3.68. The number of amides is 1. The molecule has 4 heteroatoms. The molecule has 0 radical (unpaired) electrons. The van der Waals surface area contributed by atoms with Crippen LogP contribution >= 0.6 is 0 Å². The number of carbonyl (C=O) groups is 1. The van der Waals surface area contributed by atoms with Crippen molar-refractivity contribution in [2.75, 3.05) is 13.1 Å². The van der Waals surface area contributed by atoms with Gasteiger partial charge in [0, 0.05) is 25.9 Å². The van der Waals surface area contributed by atoms with E-state index in [2.05, 4.69) is 4.98 Å². The first-order valence-electron chi connectivity index (χ1n) is 4.91. The van der Waals surface area contributed by atoms with Crippen molar-refractivity contribution in [1.82, 2.24) is 9.88 Å². The largest absolute Gasteiger partial charge is 0.448 e. The first-order chi connectivity index (χ1) is 6.77. The zero-order valence-corrected chi connectivity index (χ0v) is 8.27. The monoisotopic (exact) mass is 194 g/mol. The Bertz CT molecular complexity index is 300. The highest BCUT2D eigenvalue weighted by molar-refractivity contribution is 5.73. The molecule has 1 aliphatic heterocycles. The Balaban J connectivity index is 1.93. The van der Waals surface area contributed by atoms with Gasteiger partial charge < -0.3 is 9.32 Å². The van der Waals surface area contributed by atoms with Gasteiger partial charge in [-0.25, -0.2) is 4.98 Å². The van der Waals surface area contributed by atoms with Gasteiger partial charge in [0.25, 0.3) is 0 Å². The third-order valence-electron chi connectivity index (χ3n) is 2.79. The van der Waals surface area contributed by atoms with Crippen molar-refractivity contribution in [2.24, 2.45) is 0 Å². The summed E-state index contributed by atoms with van der Waals surface area (Å²) in [4.78, 5) is 16.9. The highest BCUT2D eigenvalue weighted by Crippen LogP contribution is 2.27. The summed E-state index contributed by atoms with van der Waals surface area (Å²) in [6.45, 7) is 3.29. The Morgan fingerprint density at radius 1 is 1.57 bits per heavy atom. The number of hydrogen-bond donors (Lipinski definition) is 0. The molecular formula is C10H14N2O2. The van der Waals surface area contributed by atoms with Gasteiger partial charge in [-0.2, -0.15) is 0 Å². The number of piperidine rings is 1. The molecule has 0 aromatic carbocycles. The molecule has 1 saturated heterocycles. The third-order valence-corrected chi connectivity index (χ3v) is 2.79. The van der Waals surface area contributed by atoms with E-state index >= 15 is 0 Å². The Morgan fingerprint density at radius 3 is 2.79 bits per heavy atom. The fraction of sp³-hybridized carbons (Fsp3) is 0.600. The first kappa shape index (κ1) is 9.24. The van der Waals surface area contributed by atoms with Gasteiger partial charge in [0.1, 0.15) is 5.76 Å². The van der Waals surface area contributed by atoms with E-state index in [0.717, 1.165) is 31.7 Å². The molecular weight excluding hydrogens is 180 g/mol. The lowest BCUT2D eigenvalue weighted by Gasteiger charge is -2.29. The number of oxazole rings is 1. The van der Waals surface area contributed by atoms with Crippen LogP contribution in [0.15, 0.2) is 17.0 Å². The van der Waals surface area contributed by atoms with Crippen molar-refractivity contribution in [3.8, 4) is 0 Å². The lowest BCUT2D eigenvalue weighted by Crippen LogP contribution is -2.36. The Labute approximate surface area is 82.9 Å². The second-order valence-corrected chi connectivity index (χ2v) is 3.68. The van der Waals surface area contributed by atoms with Crippen LogP contribution in [0.25, 0.3) is 0 Å². The van der Waals surface area contributed by atoms with E-state index in [1.165, 1.54) is 6.39 Å². The van der Waals surface area contributed by atoms with E-state index in [1.54, 1.807) is 13.1 Å². The lowest BCUT2D eigenvalue weighted by atomic mass is 9.95. The molecule has 0 unspecified atom stereocenters. The summed E-state index contributed by atoms with van der Waals surface area (Å²) in [6.07, 6.45) is 5.20. The van der Waals surface area contributed by atoms with Gasteiger partial charge in [0.05, 0.1) is 6.20 Å². The van der Waals surface area contributed by atoms with Crippen LogP contribution in [0.5, 0.6) is 0 Å². The molecule has 14 heavy (non-hydrogen) atoms. The summed E-state index contributed by atoms with van der Waals surface area (Å²) < 4.78 is 5.25. The van der Waals surface area contributed by atoms with Crippen molar-refractivity contribution in [1.29, 1.82) is 0 Å². The van der Waals surface area contributed by atoms with Crippen LogP contribution in [-0.4, -0.2) is 28.9 Å². The van der Waals surface area contributed by atoms with Crippen LogP contribution in [0, 0.1) is 0 Å². The third kappa shape index (κ3) is 1.78. The highest BCUT2D eigenvalue weighted by Gasteiger charge is 2.23. The van der Waals surface area contributed by atoms with E-state index in [0.29, 0.717) is 5.92 Å². The van der Waals surface area contributed by atoms with Gasteiger partial charge in [0.15, 0.2) is 6.39 Å².